The number of hydrogen-bond donors (Lipinski definition) is 1. The van der Waals surface area contributed by atoms with E-state index in [1.165, 1.54) is 5.75 Å². The normalized spacial score (nSPS) is 11.0. The van der Waals surface area contributed by atoms with Crippen LogP contribution in [0.1, 0.15) is 19.6 Å². The first-order valence-corrected chi connectivity index (χ1v) is 5.68. The van der Waals surface area contributed by atoms with Crippen LogP contribution >= 0.6 is 11.8 Å². The summed E-state index contributed by atoms with van der Waals surface area (Å²) in [5.74, 6) is 2.17. The van der Waals surface area contributed by atoms with Crippen LogP contribution in [0, 0.1) is 0 Å². The Morgan fingerprint density at radius 3 is 3.00 bits per heavy atom. The molecular formula is C10H17NOS. The molecule has 1 rings (SSSR count). The maximum atomic E-state index is 5.19. The van der Waals surface area contributed by atoms with E-state index in [9.17, 15) is 0 Å². The third-order valence-corrected chi connectivity index (χ3v) is 2.72. The fourth-order valence-corrected chi connectivity index (χ4v) is 1.73. The molecule has 0 saturated carbocycles. The van der Waals surface area contributed by atoms with Gasteiger partial charge in [-0.3, -0.25) is 0 Å². The summed E-state index contributed by atoms with van der Waals surface area (Å²) in [4.78, 5) is 0. The van der Waals surface area contributed by atoms with Gasteiger partial charge in [0.25, 0.3) is 0 Å². The minimum Gasteiger partial charge on any atom is -0.468 e. The summed E-state index contributed by atoms with van der Waals surface area (Å²) in [6.45, 7) is 6.32. The van der Waals surface area contributed by atoms with Gasteiger partial charge in [-0.2, -0.15) is 11.8 Å². The molecule has 0 aliphatic heterocycles. The Morgan fingerprint density at radius 1 is 1.54 bits per heavy atom. The second-order valence-corrected chi connectivity index (χ2v) is 4.86. The van der Waals surface area contributed by atoms with E-state index in [1.54, 1.807) is 6.26 Å². The molecule has 2 nitrogen and oxygen atoms in total. The van der Waals surface area contributed by atoms with Gasteiger partial charge in [0.1, 0.15) is 5.76 Å². The SMILES string of the molecule is CC(C)SCCNCc1ccco1. The molecule has 0 aliphatic rings. The molecule has 1 N–H and O–H groups in total. The van der Waals surface area contributed by atoms with E-state index in [2.05, 4.69) is 19.2 Å². The van der Waals surface area contributed by atoms with Crippen molar-refractivity contribution in [1.29, 1.82) is 0 Å². The Labute approximate surface area is 84.1 Å². The lowest BCUT2D eigenvalue weighted by Crippen LogP contribution is -2.16. The summed E-state index contributed by atoms with van der Waals surface area (Å²) in [5, 5.41) is 4.06. The second kappa shape index (κ2) is 6.11. The Bertz CT molecular complexity index is 209. The van der Waals surface area contributed by atoms with E-state index < -0.39 is 0 Å². The predicted octanol–water partition coefficient (Wildman–Crippen LogP) is 2.51. The first-order chi connectivity index (χ1) is 6.29. The molecule has 0 spiro atoms. The summed E-state index contributed by atoms with van der Waals surface area (Å²) in [5.41, 5.74) is 0. The molecule has 0 fully saturated rings. The van der Waals surface area contributed by atoms with Crippen LogP contribution in [0.2, 0.25) is 0 Å². The van der Waals surface area contributed by atoms with Gasteiger partial charge in [0.15, 0.2) is 0 Å². The monoisotopic (exact) mass is 199 g/mol. The van der Waals surface area contributed by atoms with Crippen molar-refractivity contribution >= 4 is 11.8 Å². The van der Waals surface area contributed by atoms with E-state index in [4.69, 9.17) is 4.42 Å². The molecule has 3 heteroatoms. The Balaban J connectivity index is 1.96. The molecule has 0 aliphatic carbocycles. The number of hydrogen-bond acceptors (Lipinski definition) is 3. The largest absolute Gasteiger partial charge is 0.468 e. The van der Waals surface area contributed by atoms with E-state index in [1.807, 2.05) is 23.9 Å². The van der Waals surface area contributed by atoms with Crippen LogP contribution in [0.5, 0.6) is 0 Å². The summed E-state index contributed by atoms with van der Waals surface area (Å²) in [6, 6.07) is 3.91. The molecular weight excluding hydrogens is 182 g/mol. The van der Waals surface area contributed by atoms with Gasteiger partial charge in [-0.15, -0.1) is 0 Å². The number of thioether (sulfide) groups is 1. The highest BCUT2D eigenvalue weighted by Crippen LogP contribution is 2.07. The topological polar surface area (TPSA) is 25.2 Å². The van der Waals surface area contributed by atoms with Crippen molar-refractivity contribution in [2.75, 3.05) is 12.3 Å². The lowest BCUT2D eigenvalue weighted by atomic mass is 10.4. The third-order valence-electron chi connectivity index (χ3n) is 1.61. The summed E-state index contributed by atoms with van der Waals surface area (Å²) >= 11 is 1.98. The van der Waals surface area contributed by atoms with Crippen LogP contribution in [-0.2, 0) is 6.54 Å². The van der Waals surface area contributed by atoms with E-state index >= 15 is 0 Å². The smallest absolute Gasteiger partial charge is 0.117 e. The molecule has 1 aromatic heterocycles. The van der Waals surface area contributed by atoms with E-state index in [0.29, 0.717) is 0 Å². The summed E-state index contributed by atoms with van der Waals surface area (Å²) in [7, 11) is 0. The van der Waals surface area contributed by atoms with Crippen LogP contribution in [0.4, 0.5) is 0 Å². The van der Waals surface area contributed by atoms with E-state index in [-0.39, 0.29) is 0 Å². The Morgan fingerprint density at radius 2 is 2.38 bits per heavy atom. The van der Waals surface area contributed by atoms with Gasteiger partial charge in [-0.25, -0.2) is 0 Å². The molecule has 0 aromatic carbocycles. The maximum absolute atomic E-state index is 5.19. The minimum absolute atomic E-state index is 0.727. The van der Waals surface area contributed by atoms with E-state index in [0.717, 1.165) is 24.1 Å². The highest BCUT2D eigenvalue weighted by molar-refractivity contribution is 7.99. The fourth-order valence-electron chi connectivity index (χ4n) is 0.992. The second-order valence-electron chi connectivity index (χ2n) is 3.18. The van der Waals surface area contributed by atoms with Gasteiger partial charge in [0.05, 0.1) is 12.8 Å². The molecule has 0 atom stereocenters. The van der Waals surface area contributed by atoms with Gasteiger partial charge in [-0.05, 0) is 17.4 Å². The average Bonchev–Trinajstić information content (AvgIpc) is 2.55. The highest BCUT2D eigenvalue weighted by atomic mass is 32.2. The average molecular weight is 199 g/mol. The molecule has 0 radical (unpaired) electrons. The van der Waals surface area contributed by atoms with Gasteiger partial charge >= 0.3 is 0 Å². The zero-order chi connectivity index (χ0) is 9.52. The van der Waals surface area contributed by atoms with Crippen LogP contribution in [0.15, 0.2) is 22.8 Å². The summed E-state index contributed by atoms with van der Waals surface area (Å²) in [6.07, 6.45) is 1.71. The molecule has 0 unspecified atom stereocenters. The lowest BCUT2D eigenvalue weighted by Gasteiger charge is -2.04. The van der Waals surface area contributed by atoms with Crippen molar-refractivity contribution in [3.63, 3.8) is 0 Å². The summed E-state index contributed by atoms with van der Waals surface area (Å²) < 4.78 is 5.19. The van der Waals surface area contributed by atoms with Crippen molar-refractivity contribution in [2.45, 2.75) is 25.6 Å². The number of rotatable bonds is 6. The first-order valence-electron chi connectivity index (χ1n) is 4.63. The van der Waals surface area contributed by atoms with Gasteiger partial charge in [0, 0.05) is 12.3 Å². The van der Waals surface area contributed by atoms with Crippen LogP contribution in [0.3, 0.4) is 0 Å². The Kier molecular flexibility index (Phi) is 5.01. The van der Waals surface area contributed by atoms with Crippen LogP contribution in [0.25, 0.3) is 0 Å². The molecule has 1 aromatic rings. The minimum atomic E-state index is 0.727. The molecule has 0 saturated heterocycles. The highest BCUT2D eigenvalue weighted by Gasteiger charge is 1.95. The van der Waals surface area contributed by atoms with Gasteiger partial charge in [0.2, 0.25) is 0 Å². The zero-order valence-electron chi connectivity index (χ0n) is 8.25. The molecule has 74 valence electrons. The van der Waals surface area contributed by atoms with Crippen LogP contribution < -0.4 is 5.32 Å². The molecule has 0 bridgehead atoms. The van der Waals surface area contributed by atoms with Crippen molar-refractivity contribution in [3.8, 4) is 0 Å². The number of nitrogens with one attached hydrogen (secondary N) is 1. The quantitative estimate of drug-likeness (QED) is 0.713. The standard InChI is InChI=1S/C10H17NOS/c1-9(2)13-7-5-11-8-10-4-3-6-12-10/h3-4,6,9,11H,5,7-8H2,1-2H3. The first kappa shape index (κ1) is 10.7. The Hall–Kier alpha value is -0.410. The van der Waals surface area contributed by atoms with Crippen molar-refractivity contribution < 1.29 is 4.42 Å². The molecule has 1 heterocycles. The lowest BCUT2D eigenvalue weighted by molar-refractivity contribution is 0.488. The fraction of sp³-hybridized carbons (Fsp3) is 0.600. The van der Waals surface area contributed by atoms with Crippen molar-refractivity contribution in [2.24, 2.45) is 0 Å². The molecule has 0 amide bonds. The van der Waals surface area contributed by atoms with Gasteiger partial charge in [-0.1, -0.05) is 13.8 Å². The molecule has 13 heavy (non-hydrogen) atoms. The van der Waals surface area contributed by atoms with Gasteiger partial charge < -0.3 is 9.73 Å². The predicted molar refractivity (Wildman–Crippen MR) is 58.0 cm³/mol. The van der Waals surface area contributed by atoms with Crippen molar-refractivity contribution in [3.05, 3.63) is 24.2 Å². The zero-order valence-corrected chi connectivity index (χ0v) is 9.06. The van der Waals surface area contributed by atoms with Crippen molar-refractivity contribution in [1.82, 2.24) is 5.32 Å². The van der Waals surface area contributed by atoms with Crippen LogP contribution in [-0.4, -0.2) is 17.5 Å². The third kappa shape index (κ3) is 5.01. The number of furan rings is 1. The maximum Gasteiger partial charge on any atom is 0.117 e.